The Kier molecular flexibility index (Phi) is 11.2. The normalized spacial score (nSPS) is 19.8. The number of benzene rings is 1. The van der Waals surface area contributed by atoms with Crippen LogP contribution >= 0.6 is 35.6 Å². The van der Waals surface area contributed by atoms with Crippen LogP contribution in [0.2, 0.25) is 5.02 Å². The Morgan fingerprint density at radius 3 is 2.68 bits per heavy atom. The number of hydrogen-bond acceptors (Lipinski definition) is 4. The molecule has 1 unspecified atom stereocenters. The van der Waals surface area contributed by atoms with Crippen molar-refractivity contribution in [1.82, 2.24) is 20.4 Å². The maximum atomic E-state index is 11.8. The van der Waals surface area contributed by atoms with E-state index in [9.17, 15) is 4.79 Å². The molecule has 2 heterocycles. The summed E-state index contributed by atoms with van der Waals surface area (Å²) in [5.74, 6) is 1.06. The van der Waals surface area contributed by atoms with Crippen molar-refractivity contribution < 1.29 is 4.79 Å². The summed E-state index contributed by atoms with van der Waals surface area (Å²) in [5.41, 5.74) is 1.21. The minimum Gasteiger partial charge on any atom is -0.369 e. The van der Waals surface area contributed by atoms with Gasteiger partial charge in [0.1, 0.15) is 0 Å². The average Bonchev–Trinajstić information content (AvgIpc) is 3.24. The highest BCUT2D eigenvalue weighted by Crippen LogP contribution is 2.20. The van der Waals surface area contributed by atoms with Gasteiger partial charge in [0.2, 0.25) is 5.91 Å². The lowest BCUT2D eigenvalue weighted by molar-refractivity contribution is -0.129. The molecule has 0 spiro atoms. The van der Waals surface area contributed by atoms with Crippen LogP contribution in [0.15, 0.2) is 29.3 Å². The number of hydrogen-bond donors (Lipinski definition) is 2. The second kappa shape index (κ2) is 13.3. The van der Waals surface area contributed by atoms with Gasteiger partial charge in [0.25, 0.3) is 0 Å². The van der Waals surface area contributed by atoms with Crippen molar-refractivity contribution in [3.63, 3.8) is 0 Å². The van der Waals surface area contributed by atoms with Crippen molar-refractivity contribution >= 4 is 53.1 Å². The number of nitrogens with one attached hydrogen (secondary N) is 2. The molecule has 2 saturated heterocycles. The lowest BCUT2D eigenvalue weighted by Gasteiger charge is -2.36. The van der Waals surface area contributed by atoms with Gasteiger partial charge >= 0.3 is 0 Å². The van der Waals surface area contributed by atoms with E-state index >= 15 is 0 Å². The van der Waals surface area contributed by atoms with Crippen LogP contribution in [0, 0.1) is 0 Å². The zero-order valence-corrected chi connectivity index (χ0v) is 21.7. The standard InChI is InChI=1S/C22H35ClN6O.HI/c1-3-21(30)29-11-8-19(17-29)26-22(24-2)25-9-5-10-27-12-14-28(15-13-27)20-7-4-6-18(23)16-20;/h4,6-7,16,19H,3,5,8-15,17H2,1-2H3,(H2,24,25,26);1H. The highest BCUT2D eigenvalue weighted by atomic mass is 127. The van der Waals surface area contributed by atoms with Gasteiger partial charge in [-0.05, 0) is 37.6 Å². The summed E-state index contributed by atoms with van der Waals surface area (Å²) in [5, 5.41) is 7.67. The first-order valence-corrected chi connectivity index (χ1v) is 11.4. The van der Waals surface area contributed by atoms with Gasteiger partial charge in [-0.25, -0.2) is 0 Å². The monoisotopic (exact) mass is 562 g/mol. The Morgan fingerprint density at radius 1 is 1.23 bits per heavy atom. The van der Waals surface area contributed by atoms with Gasteiger partial charge in [-0.15, -0.1) is 24.0 Å². The Balaban J connectivity index is 0.00000341. The van der Waals surface area contributed by atoms with E-state index in [4.69, 9.17) is 11.6 Å². The van der Waals surface area contributed by atoms with E-state index in [-0.39, 0.29) is 35.9 Å². The molecule has 1 amide bonds. The van der Waals surface area contributed by atoms with Crippen molar-refractivity contribution in [2.75, 3.05) is 64.3 Å². The van der Waals surface area contributed by atoms with E-state index in [2.05, 4.69) is 31.5 Å². The highest BCUT2D eigenvalue weighted by molar-refractivity contribution is 14.0. The lowest BCUT2D eigenvalue weighted by Crippen LogP contribution is -2.48. The number of anilines is 1. The van der Waals surface area contributed by atoms with Crippen molar-refractivity contribution in [1.29, 1.82) is 0 Å². The molecular weight excluding hydrogens is 527 g/mol. The van der Waals surface area contributed by atoms with Crippen LogP contribution in [0.5, 0.6) is 0 Å². The summed E-state index contributed by atoms with van der Waals surface area (Å²) in [4.78, 5) is 23.0. The van der Waals surface area contributed by atoms with Gasteiger partial charge in [-0.1, -0.05) is 24.6 Å². The van der Waals surface area contributed by atoms with Gasteiger partial charge in [-0.2, -0.15) is 0 Å². The third-order valence-electron chi connectivity index (χ3n) is 5.90. The number of piperazine rings is 1. The number of likely N-dealkylation sites (tertiary alicyclic amines) is 1. The summed E-state index contributed by atoms with van der Waals surface area (Å²) in [6.07, 6.45) is 2.62. The first-order chi connectivity index (χ1) is 14.6. The number of rotatable bonds is 7. The molecule has 9 heteroatoms. The smallest absolute Gasteiger partial charge is 0.222 e. The molecule has 1 aromatic carbocycles. The number of halogens is 2. The average molecular weight is 563 g/mol. The van der Waals surface area contributed by atoms with Crippen LogP contribution in [-0.4, -0.2) is 87.1 Å². The SMILES string of the molecule is CCC(=O)N1CCC(NC(=NC)NCCCN2CCN(c3cccc(Cl)c3)CC2)C1.I. The van der Waals surface area contributed by atoms with Gasteiger partial charge in [-0.3, -0.25) is 14.7 Å². The number of nitrogens with zero attached hydrogens (tertiary/aromatic N) is 4. The van der Waals surface area contributed by atoms with Crippen molar-refractivity contribution in [3.8, 4) is 0 Å². The molecule has 2 N–H and O–H groups in total. The number of carbonyl (C=O) groups excluding carboxylic acids is 1. The third-order valence-corrected chi connectivity index (χ3v) is 6.13. The van der Waals surface area contributed by atoms with Gasteiger partial charge in [0.15, 0.2) is 5.96 Å². The fraction of sp³-hybridized carbons (Fsp3) is 0.636. The molecule has 0 bridgehead atoms. The summed E-state index contributed by atoms with van der Waals surface area (Å²) >= 11 is 6.12. The van der Waals surface area contributed by atoms with E-state index in [1.54, 1.807) is 7.05 Å². The zero-order valence-electron chi connectivity index (χ0n) is 18.6. The number of carbonyl (C=O) groups is 1. The maximum Gasteiger partial charge on any atom is 0.222 e. The van der Waals surface area contributed by atoms with Crippen LogP contribution < -0.4 is 15.5 Å². The summed E-state index contributed by atoms with van der Waals surface area (Å²) in [7, 11) is 1.80. The highest BCUT2D eigenvalue weighted by Gasteiger charge is 2.25. The first-order valence-electron chi connectivity index (χ1n) is 11.1. The third kappa shape index (κ3) is 7.98. The molecule has 3 rings (SSSR count). The molecule has 0 aromatic heterocycles. The molecule has 1 atom stereocenters. The molecule has 31 heavy (non-hydrogen) atoms. The number of guanidine groups is 1. The van der Waals surface area contributed by atoms with E-state index in [0.717, 1.165) is 76.2 Å². The molecule has 174 valence electrons. The van der Waals surface area contributed by atoms with Crippen LogP contribution in [-0.2, 0) is 4.79 Å². The van der Waals surface area contributed by atoms with E-state index in [0.29, 0.717) is 6.42 Å². The largest absolute Gasteiger partial charge is 0.369 e. The zero-order chi connectivity index (χ0) is 21.3. The Hall–Kier alpha value is -1.26. The van der Waals surface area contributed by atoms with E-state index in [1.165, 1.54) is 5.69 Å². The fourth-order valence-electron chi connectivity index (χ4n) is 4.13. The van der Waals surface area contributed by atoms with Crippen LogP contribution in [0.25, 0.3) is 0 Å². The number of amides is 1. The molecular formula is C22H36ClIN6O. The summed E-state index contributed by atoms with van der Waals surface area (Å²) in [6, 6.07) is 8.39. The lowest BCUT2D eigenvalue weighted by atomic mass is 10.2. The molecule has 7 nitrogen and oxygen atoms in total. The van der Waals surface area contributed by atoms with E-state index in [1.807, 2.05) is 30.0 Å². The fourth-order valence-corrected chi connectivity index (χ4v) is 4.31. The molecule has 1 aromatic rings. The second-order valence-corrected chi connectivity index (χ2v) is 8.42. The van der Waals surface area contributed by atoms with Gasteiger partial charge in [0, 0.05) is 76.0 Å². The predicted octanol–water partition coefficient (Wildman–Crippen LogP) is 2.65. The first kappa shape index (κ1) is 26.0. The Morgan fingerprint density at radius 2 is 2.00 bits per heavy atom. The molecule has 2 fully saturated rings. The molecule has 2 aliphatic heterocycles. The molecule has 0 saturated carbocycles. The minimum atomic E-state index is 0. The maximum absolute atomic E-state index is 11.8. The van der Waals surface area contributed by atoms with Crippen molar-refractivity contribution in [2.24, 2.45) is 4.99 Å². The van der Waals surface area contributed by atoms with Crippen molar-refractivity contribution in [3.05, 3.63) is 29.3 Å². The van der Waals surface area contributed by atoms with Crippen LogP contribution in [0.4, 0.5) is 5.69 Å². The predicted molar refractivity (Wildman–Crippen MR) is 140 cm³/mol. The molecule has 0 aliphatic carbocycles. The quantitative estimate of drug-likeness (QED) is 0.232. The topological polar surface area (TPSA) is 63.2 Å². The van der Waals surface area contributed by atoms with E-state index < -0.39 is 0 Å². The molecule has 2 aliphatic rings. The molecule has 0 radical (unpaired) electrons. The van der Waals surface area contributed by atoms with Crippen molar-refractivity contribution in [2.45, 2.75) is 32.2 Å². The van der Waals surface area contributed by atoms with Crippen LogP contribution in [0.1, 0.15) is 26.2 Å². The Bertz CT molecular complexity index is 726. The van der Waals surface area contributed by atoms with Gasteiger partial charge < -0.3 is 20.4 Å². The minimum absolute atomic E-state index is 0. The second-order valence-electron chi connectivity index (χ2n) is 7.98. The van der Waals surface area contributed by atoms with Crippen LogP contribution in [0.3, 0.4) is 0 Å². The number of aliphatic imine (C=N–C) groups is 1. The summed E-state index contributed by atoms with van der Waals surface area (Å²) in [6.45, 7) is 9.70. The summed E-state index contributed by atoms with van der Waals surface area (Å²) < 4.78 is 0. The Labute approximate surface area is 208 Å². The van der Waals surface area contributed by atoms with Gasteiger partial charge in [0.05, 0.1) is 0 Å².